The van der Waals surface area contributed by atoms with Crippen molar-refractivity contribution in [3.8, 4) is 0 Å². The van der Waals surface area contributed by atoms with Crippen molar-refractivity contribution in [3.05, 3.63) is 62.7 Å². The number of hydrogen-bond donors (Lipinski definition) is 0. The molecule has 1 aliphatic carbocycles. The number of aryl methyl sites for hydroxylation is 1. The van der Waals surface area contributed by atoms with E-state index >= 15 is 0 Å². The minimum absolute atomic E-state index is 1.17. The highest BCUT2D eigenvalue weighted by Gasteiger charge is 2.27. The third kappa shape index (κ3) is 2.06. The number of fused-ring (bicyclic) bond motifs is 1. The maximum absolute atomic E-state index is 2.37. The van der Waals surface area contributed by atoms with Crippen LogP contribution in [-0.4, -0.2) is 0 Å². The van der Waals surface area contributed by atoms with E-state index in [4.69, 9.17) is 0 Å². The molecule has 1 radical (unpaired) electrons. The summed E-state index contributed by atoms with van der Waals surface area (Å²) in [5.41, 5.74) is 7.13. The molecule has 0 saturated carbocycles. The molecule has 0 amide bonds. The Balaban J connectivity index is 2.09. The Bertz CT molecular complexity index is 631. The first kappa shape index (κ1) is 12.7. The summed E-state index contributed by atoms with van der Waals surface area (Å²) in [6, 6.07) is 8.78. The van der Waals surface area contributed by atoms with Crippen LogP contribution in [0.15, 0.2) is 29.6 Å². The summed E-state index contributed by atoms with van der Waals surface area (Å²) < 4.78 is 0. The molecule has 1 aromatic carbocycles. The van der Waals surface area contributed by atoms with Crippen LogP contribution in [0.5, 0.6) is 0 Å². The third-order valence-electron chi connectivity index (χ3n) is 3.94. The number of allylic oxidation sites excluding steroid dienone is 1. The molecule has 0 nitrogen and oxygen atoms in total. The van der Waals surface area contributed by atoms with Crippen LogP contribution in [0.3, 0.4) is 0 Å². The Labute approximate surface area is 119 Å². The quantitative estimate of drug-likeness (QED) is 0.675. The molecule has 0 atom stereocenters. The van der Waals surface area contributed by atoms with Crippen molar-refractivity contribution in [2.75, 3.05) is 0 Å². The molecule has 0 saturated heterocycles. The summed E-state index contributed by atoms with van der Waals surface area (Å²) in [6.07, 6.45) is 4.74. The van der Waals surface area contributed by atoms with Crippen molar-refractivity contribution in [2.24, 2.45) is 0 Å². The molecule has 97 valence electrons. The van der Waals surface area contributed by atoms with Crippen molar-refractivity contribution < 1.29 is 0 Å². The van der Waals surface area contributed by atoms with Crippen LogP contribution in [0.25, 0.3) is 11.6 Å². The third-order valence-corrected chi connectivity index (χ3v) is 5.17. The van der Waals surface area contributed by atoms with E-state index in [0.717, 1.165) is 0 Å². The van der Waals surface area contributed by atoms with Crippen LogP contribution in [0.4, 0.5) is 0 Å². The van der Waals surface area contributed by atoms with Crippen LogP contribution in [0, 0.1) is 19.8 Å². The van der Waals surface area contributed by atoms with E-state index in [2.05, 4.69) is 56.5 Å². The van der Waals surface area contributed by atoms with Crippen LogP contribution in [0.2, 0.25) is 0 Å². The standard InChI is InChI=1S/C18H19S/c1-4-7-16-15-9-6-5-8-14(15)10-17(16)18-13(3)12(2)11-19-18/h5-6,8-11H,4,7H2,1-3H3. The second-order valence-corrected chi connectivity index (χ2v) is 6.13. The first-order valence-corrected chi connectivity index (χ1v) is 7.82. The summed E-state index contributed by atoms with van der Waals surface area (Å²) in [5.74, 6) is 1.53. The van der Waals surface area contributed by atoms with Gasteiger partial charge in [0, 0.05) is 10.8 Å². The van der Waals surface area contributed by atoms with Crippen molar-refractivity contribution in [1.29, 1.82) is 0 Å². The lowest BCUT2D eigenvalue weighted by molar-refractivity contribution is 0.873. The van der Waals surface area contributed by atoms with Gasteiger partial charge in [-0.15, -0.1) is 11.3 Å². The molecule has 1 heterocycles. The zero-order valence-corrected chi connectivity index (χ0v) is 12.6. The summed E-state index contributed by atoms with van der Waals surface area (Å²) in [4.78, 5) is 1.46. The van der Waals surface area contributed by atoms with E-state index in [9.17, 15) is 0 Å². The fraction of sp³-hybridized carbons (Fsp3) is 0.278. The van der Waals surface area contributed by atoms with E-state index < -0.39 is 0 Å². The zero-order chi connectivity index (χ0) is 13.4. The zero-order valence-electron chi connectivity index (χ0n) is 11.8. The molecule has 0 bridgehead atoms. The minimum Gasteiger partial charge on any atom is -0.144 e. The normalized spacial score (nSPS) is 14.6. The Morgan fingerprint density at radius 1 is 1.11 bits per heavy atom. The Kier molecular flexibility index (Phi) is 3.32. The molecule has 0 N–H and O–H groups in total. The van der Waals surface area contributed by atoms with Gasteiger partial charge in [0.2, 0.25) is 0 Å². The van der Waals surface area contributed by atoms with Gasteiger partial charge in [0.05, 0.1) is 0 Å². The van der Waals surface area contributed by atoms with Gasteiger partial charge in [0.15, 0.2) is 0 Å². The molecule has 19 heavy (non-hydrogen) atoms. The highest BCUT2D eigenvalue weighted by Crippen LogP contribution is 2.46. The average Bonchev–Trinajstić information content (AvgIpc) is 2.93. The summed E-state index contributed by atoms with van der Waals surface area (Å²) in [7, 11) is 0. The van der Waals surface area contributed by atoms with Crippen LogP contribution in [0.1, 0.15) is 46.9 Å². The predicted octanol–water partition coefficient (Wildman–Crippen LogP) is 5.64. The molecule has 0 aliphatic heterocycles. The number of hydrogen-bond acceptors (Lipinski definition) is 1. The van der Waals surface area contributed by atoms with E-state index in [-0.39, 0.29) is 0 Å². The molecular weight excluding hydrogens is 248 g/mol. The van der Waals surface area contributed by atoms with Gasteiger partial charge in [-0.1, -0.05) is 37.6 Å². The highest BCUT2D eigenvalue weighted by atomic mass is 32.1. The lowest BCUT2D eigenvalue weighted by Crippen LogP contribution is -1.99. The molecule has 2 aromatic rings. The SMILES string of the molecule is CCC[C]1C(c2scc(C)c2C)=Cc2ccccc21. The molecule has 0 fully saturated rings. The van der Waals surface area contributed by atoms with Gasteiger partial charge in [-0.3, -0.25) is 0 Å². The Morgan fingerprint density at radius 3 is 2.58 bits per heavy atom. The lowest BCUT2D eigenvalue weighted by atomic mass is 9.89. The van der Waals surface area contributed by atoms with Gasteiger partial charge >= 0.3 is 0 Å². The van der Waals surface area contributed by atoms with Gasteiger partial charge in [0.25, 0.3) is 0 Å². The summed E-state index contributed by atoms with van der Waals surface area (Å²) in [5, 5.41) is 2.28. The minimum atomic E-state index is 1.17. The van der Waals surface area contributed by atoms with Crippen LogP contribution in [-0.2, 0) is 0 Å². The van der Waals surface area contributed by atoms with Gasteiger partial charge in [0.1, 0.15) is 0 Å². The van der Waals surface area contributed by atoms with Crippen LogP contribution >= 0.6 is 11.3 Å². The molecule has 1 heteroatoms. The maximum atomic E-state index is 2.37. The van der Waals surface area contributed by atoms with Crippen molar-refractivity contribution >= 4 is 23.0 Å². The van der Waals surface area contributed by atoms with Crippen molar-refractivity contribution in [1.82, 2.24) is 0 Å². The molecule has 1 aromatic heterocycles. The number of thiophene rings is 1. The summed E-state index contributed by atoms with van der Waals surface area (Å²) >= 11 is 1.88. The second kappa shape index (κ2) is 4.97. The first-order chi connectivity index (χ1) is 9.22. The van der Waals surface area contributed by atoms with Gasteiger partial charge in [-0.2, -0.15) is 0 Å². The van der Waals surface area contributed by atoms with Crippen molar-refractivity contribution in [2.45, 2.75) is 33.6 Å². The van der Waals surface area contributed by atoms with E-state index in [1.54, 1.807) is 0 Å². The molecule has 0 unspecified atom stereocenters. The maximum Gasteiger partial charge on any atom is 0.0360 e. The Morgan fingerprint density at radius 2 is 1.89 bits per heavy atom. The molecule has 3 rings (SSSR count). The second-order valence-electron chi connectivity index (χ2n) is 5.25. The Hall–Kier alpha value is -1.34. The number of rotatable bonds is 3. The van der Waals surface area contributed by atoms with Crippen LogP contribution < -0.4 is 0 Å². The van der Waals surface area contributed by atoms with Gasteiger partial charge in [-0.25, -0.2) is 0 Å². The first-order valence-electron chi connectivity index (χ1n) is 6.94. The predicted molar refractivity (Wildman–Crippen MR) is 85.4 cm³/mol. The topological polar surface area (TPSA) is 0 Å². The lowest BCUT2D eigenvalue weighted by Gasteiger charge is -2.15. The van der Waals surface area contributed by atoms with E-state index in [1.165, 1.54) is 51.5 Å². The molecule has 1 aliphatic rings. The highest BCUT2D eigenvalue weighted by molar-refractivity contribution is 7.11. The van der Waals surface area contributed by atoms with E-state index in [1.807, 2.05) is 11.3 Å². The largest absolute Gasteiger partial charge is 0.144 e. The fourth-order valence-electron chi connectivity index (χ4n) is 2.78. The molecular formula is C18H19S. The average molecular weight is 267 g/mol. The smallest absolute Gasteiger partial charge is 0.0360 e. The van der Waals surface area contributed by atoms with Gasteiger partial charge < -0.3 is 0 Å². The van der Waals surface area contributed by atoms with E-state index in [0.29, 0.717) is 0 Å². The van der Waals surface area contributed by atoms with Gasteiger partial charge in [-0.05, 0) is 59.6 Å². The summed E-state index contributed by atoms with van der Waals surface area (Å²) in [6.45, 7) is 6.71. The fourth-order valence-corrected chi connectivity index (χ4v) is 3.89. The monoisotopic (exact) mass is 267 g/mol. The molecule has 0 spiro atoms. The number of benzene rings is 1. The van der Waals surface area contributed by atoms with Crippen molar-refractivity contribution in [3.63, 3.8) is 0 Å².